The predicted molar refractivity (Wildman–Crippen MR) is 76.5 cm³/mol. The van der Waals surface area contributed by atoms with Gasteiger partial charge in [0.15, 0.2) is 0 Å². The maximum absolute atomic E-state index is 3.73. The third kappa shape index (κ3) is 7.05. The fourth-order valence-corrected chi connectivity index (χ4v) is 2.71. The Kier molecular flexibility index (Phi) is 8.72. The van der Waals surface area contributed by atoms with E-state index in [1.54, 1.807) is 0 Å². The molecule has 0 amide bonds. The Morgan fingerprint density at radius 2 is 1.65 bits per heavy atom. The summed E-state index contributed by atoms with van der Waals surface area (Å²) in [5, 5.41) is 3.73. The van der Waals surface area contributed by atoms with Crippen molar-refractivity contribution in [2.75, 3.05) is 26.2 Å². The highest BCUT2D eigenvalue weighted by Gasteiger charge is 2.17. The van der Waals surface area contributed by atoms with Gasteiger partial charge in [0.05, 0.1) is 0 Å². The molecule has 0 aliphatic carbocycles. The molecule has 0 aromatic carbocycles. The Bertz CT molecular complexity index is 162. The van der Waals surface area contributed by atoms with Crippen molar-refractivity contribution in [1.82, 2.24) is 10.2 Å². The molecule has 1 aliphatic heterocycles. The van der Waals surface area contributed by atoms with E-state index in [0.29, 0.717) is 0 Å². The lowest BCUT2D eigenvalue weighted by Crippen LogP contribution is -2.42. The second-order valence-corrected chi connectivity index (χ2v) is 5.48. The minimum absolute atomic E-state index is 0.800. The van der Waals surface area contributed by atoms with Gasteiger partial charge in [0.1, 0.15) is 0 Å². The average molecular weight is 240 g/mol. The number of nitrogens with zero attached hydrogens (tertiary/aromatic N) is 1. The third-order valence-electron chi connectivity index (χ3n) is 3.84. The Morgan fingerprint density at radius 1 is 0.941 bits per heavy atom. The number of rotatable bonds is 9. The van der Waals surface area contributed by atoms with Gasteiger partial charge in [-0.25, -0.2) is 0 Å². The first-order valence-electron chi connectivity index (χ1n) is 7.82. The molecular weight excluding hydrogens is 208 g/mol. The van der Waals surface area contributed by atoms with Crippen LogP contribution in [0.25, 0.3) is 0 Å². The van der Waals surface area contributed by atoms with Gasteiger partial charge < -0.3 is 10.2 Å². The first-order valence-corrected chi connectivity index (χ1v) is 7.82. The van der Waals surface area contributed by atoms with E-state index in [9.17, 15) is 0 Å². The summed E-state index contributed by atoms with van der Waals surface area (Å²) in [7, 11) is 0. The smallest absolute Gasteiger partial charge is 0.00914 e. The molecule has 0 bridgehead atoms. The number of hydrogen-bond acceptors (Lipinski definition) is 2. The number of nitrogens with one attached hydrogen (secondary N) is 1. The summed E-state index contributed by atoms with van der Waals surface area (Å²) >= 11 is 0. The summed E-state index contributed by atoms with van der Waals surface area (Å²) in [5.41, 5.74) is 0. The zero-order chi connectivity index (χ0) is 12.3. The topological polar surface area (TPSA) is 15.3 Å². The molecule has 0 atom stereocenters. The van der Waals surface area contributed by atoms with E-state index >= 15 is 0 Å². The van der Waals surface area contributed by atoms with Crippen LogP contribution in [0.1, 0.15) is 65.2 Å². The Balaban J connectivity index is 1.91. The minimum Gasteiger partial charge on any atom is -0.314 e. The van der Waals surface area contributed by atoms with Crippen LogP contribution in [0.4, 0.5) is 0 Å². The van der Waals surface area contributed by atoms with Gasteiger partial charge in [-0.1, -0.05) is 39.5 Å². The van der Waals surface area contributed by atoms with Crippen LogP contribution in [-0.4, -0.2) is 37.1 Å². The minimum atomic E-state index is 0.800. The summed E-state index contributed by atoms with van der Waals surface area (Å²) < 4.78 is 0. The van der Waals surface area contributed by atoms with E-state index in [2.05, 4.69) is 24.1 Å². The summed E-state index contributed by atoms with van der Waals surface area (Å²) in [5.74, 6) is 0. The van der Waals surface area contributed by atoms with Crippen molar-refractivity contribution in [3.63, 3.8) is 0 Å². The van der Waals surface area contributed by atoms with Crippen LogP contribution in [0, 0.1) is 0 Å². The van der Waals surface area contributed by atoms with E-state index in [1.807, 2.05) is 0 Å². The van der Waals surface area contributed by atoms with Crippen molar-refractivity contribution in [2.45, 2.75) is 71.3 Å². The molecule has 1 fully saturated rings. The Hall–Kier alpha value is -0.0800. The van der Waals surface area contributed by atoms with Gasteiger partial charge in [-0.15, -0.1) is 0 Å². The summed E-state index contributed by atoms with van der Waals surface area (Å²) in [6, 6.07) is 0.800. The number of piperidine rings is 1. The normalized spacial score (nSPS) is 18.7. The molecule has 0 aromatic heterocycles. The van der Waals surface area contributed by atoms with Crippen LogP contribution in [0.15, 0.2) is 0 Å². The van der Waals surface area contributed by atoms with Crippen LogP contribution in [-0.2, 0) is 0 Å². The van der Waals surface area contributed by atoms with Crippen LogP contribution in [0.3, 0.4) is 0 Å². The Labute approximate surface area is 108 Å². The average Bonchev–Trinajstić information content (AvgIpc) is 2.36. The molecule has 17 heavy (non-hydrogen) atoms. The van der Waals surface area contributed by atoms with E-state index in [-0.39, 0.29) is 0 Å². The van der Waals surface area contributed by atoms with Crippen molar-refractivity contribution in [2.24, 2.45) is 0 Å². The zero-order valence-electron chi connectivity index (χ0n) is 12.0. The van der Waals surface area contributed by atoms with Gasteiger partial charge >= 0.3 is 0 Å². The van der Waals surface area contributed by atoms with Crippen LogP contribution < -0.4 is 5.32 Å². The van der Waals surface area contributed by atoms with E-state index < -0.39 is 0 Å². The molecule has 1 heterocycles. The quantitative estimate of drug-likeness (QED) is 0.621. The third-order valence-corrected chi connectivity index (χ3v) is 3.84. The maximum atomic E-state index is 3.73. The molecule has 0 saturated carbocycles. The van der Waals surface area contributed by atoms with Crippen LogP contribution in [0.5, 0.6) is 0 Å². The second-order valence-electron chi connectivity index (χ2n) is 5.48. The SMILES string of the molecule is CCCCCCCNC1CCN(CCC)CC1. The summed E-state index contributed by atoms with van der Waals surface area (Å²) in [6.45, 7) is 9.71. The molecule has 0 spiro atoms. The number of hydrogen-bond donors (Lipinski definition) is 1. The van der Waals surface area contributed by atoms with Crippen LogP contribution in [0.2, 0.25) is 0 Å². The highest BCUT2D eigenvalue weighted by atomic mass is 15.1. The predicted octanol–water partition coefficient (Wildman–Crippen LogP) is 3.42. The molecule has 0 unspecified atom stereocenters. The van der Waals surface area contributed by atoms with Gasteiger partial charge in [0.2, 0.25) is 0 Å². The fraction of sp³-hybridized carbons (Fsp3) is 1.00. The zero-order valence-corrected chi connectivity index (χ0v) is 12.0. The van der Waals surface area contributed by atoms with E-state index in [1.165, 1.54) is 77.5 Å². The lowest BCUT2D eigenvalue weighted by atomic mass is 10.0. The molecule has 0 aromatic rings. The molecule has 1 rings (SSSR count). The second kappa shape index (κ2) is 9.90. The monoisotopic (exact) mass is 240 g/mol. The molecule has 2 nitrogen and oxygen atoms in total. The van der Waals surface area contributed by atoms with Gasteiger partial charge in [0.25, 0.3) is 0 Å². The molecule has 2 heteroatoms. The van der Waals surface area contributed by atoms with E-state index in [0.717, 1.165) is 6.04 Å². The van der Waals surface area contributed by atoms with Gasteiger partial charge in [-0.3, -0.25) is 0 Å². The number of likely N-dealkylation sites (tertiary alicyclic amines) is 1. The van der Waals surface area contributed by atoms with Crippen molar-refractivity contribution in [3.8, 4) is 0 Å². The van der Waals surface area contributed by atoms with Gasteiger partial charge in [-0.05, 0) is 51.9 Å². The molecule has 1 saturated heterocycles. The number of unbranched alkanes of at least 4 members (excludes halogenated alkanes) is 4. The molecule has 0 radical (unpaired) electrons. The van der Waals surface area contributed by atoms with Crippen molar-refractivity contribution in [3.05, 3.63) is 0 Å². The van der Waals surface area contributed by atoms with Crippen molar-refractivity contribution in [1.29, 1.82) is 0 Å². The highest BCUT2D eigenvalue weighted by molar-refractivity contribution is 4.76. The van der Waals surface area contributed by atoms with E-state index in [4.69, 9.17) is 0 Å². The summed E-state index contributed by atoms with van der Waals surface area (Å²) in [4.78, 5) is 2.61. The summed E-state index contributed by atoms with van der Waals surface area (Å²) in [6.07, 6.45) is 11.0. The maximum Gasteiger partial charge on any atom is 0.00914 e. The van der Waals surface area contributed by atoms with Crippen molar-refractivity contribution < 1.29 is 0 Å². The van der Waals surface area contributed by atoms with Gasteiger partial charge in [0, 0.05) is 6.04 Å². The molecule has 1 N–H and O–H groups in total. The first kappa shape index (κ1) is 15.0. The van der Waals surface area contributed by atoms with Crippen LogP contribution >= 0.6 is 0 Å². The fourth-order valence-electron chi connectivity index (χ4n) is 2.71. The largest absolute Gasteiger partial charge is 0.314 e. The lowest BCUT2D eigenvalue weighted by Gasteiger charge is -2.32. The first-order chi connectivity index (χ1) is 8.36. The standard InChI is InChI=1S/C15H32N2/c1-3-5-6-7-8-11-16-15-9-13-17(12-4-2)14-10-15/h15-16H,3-14H2,1-2H3. The lowest BCUT2D eigenvalue weighted by molar-refractivity contribution is 0.198. The molecular formula is C15H32N2. The van der Waals surface area contributed by atoms with Crippen molar-refractivity contribution >= 4 is 0 Å². The highest BCUT2D eigenvalue weighted by Crippen LogP contribution is 2.10. The van der Waals surface area contributed by atoms with Gasteiger partial charge in [-0.2, -0.15) is 0 Å². The molecule has 1 aliphatic rings. The molecule has 102 valence electrons. The Morgan fingerprint density at radius 3 is 2.29 bits per heavy atom.